The van der Waals surface area contributed by atoms with E-state index in [1.54, 1.807) is 17.1 Å². The summed E-state index contributed by atoms with van der Waals surface area (Å²) in [7, 11) is 0. The zero-order valence-electron chi connectivity index (χ0n) is 7.77. The van der Waals surface area contributed by atoms with Crippen molar-refractivity contribution in [3.63, 3.8) is 0 Å². The van der Waals surface area contributed by atoms with Gasteiger partial charge in [-0.15, -0.1) is 11.3 Å². The van der Waals surface area contributed by atoms with E-state index < -0.39 is 5.97 Å². The van der Waals surface area contributed by atoms with Gasteiger partial charge in [0.1, 0.15) is 0 Å². The summed E-state index contributed by atoms with van der Waals surface area (Å²) in [4.78, 5) is 14.5. The molecule has 0 radical (unpaired) electrons. The number of hydrogen-bond acceptors (Lipinski definition) is 5. The Bertz CT molecular complexity index is 314. The molecule has 3 N–H and O–H groups in total. The fourth-order valence-electron chi connectivity index (χ4n) is 0.767. The van der Waals surface area contributed by atoms with Crippen LogP contribution < -0.4 is 5.73 Å². The Morgan fingerprint density at radius 3 is 3.07 bits per heavy atom. The van der Waals surface area contributed by atoms with Crippen LogP contribution in [0.2, 0.25) is 0 Å². The number of hydrogen-bond donors (Lipinski definition) is 2. The first kappa shape index (κ1) is 11.5. The van der Waals surface area contributed by atoms with Crippen molar-refractivity contribution in [3.8, 4) is 0 Å². The Kier molecular flexibility index (Phi) is 4.37. The van der Waals surface area contributed by atoms with Crippen LogP contribution in [0.1, 0.15) is 22.4 Å². The first-order chi connectivity index (χ1) is 6.63. The van der Waals surface area contributed by atoms with Gasteiger partial charge in [-0.1, -0.05) is 6.92 Å². The van der Waals surface area contributed by atoms with Crippen LogP contribution in [0.5, 0.6) is 0 Å². The van der Waals surface area contributed by atoms with Crippen LogP contribution >= 0.6 is 23.1 Å². The molecule has 1 unspecified atom stereocenters. The van der Waals surface area contributed by atoms with Crippen molar-refractivity contribution in [2.45, 2.75) is 17.9 Å². The number of rotatable bonds is 5. The average Bonchev–Trinajstić information content (AvgIpc) is 2.62. The zero-order valence-corrected chi connectivity index (χ0v) is 9.40. The predicted octanol–water partition coefficient (Wildman–Crippen LogP) is 1.42. The molecule has 1 rings (SSSR count). The zero-order chi connectivity index (χ0) is 10.6. The summed E-state index contributed by atoms with van der Waals surface area (Å²) in [6.45, 7) is 2.66. The molecule has 14 heavy (non-hydrogen) atoms. The maximum absolute atomic E-state index is 10.5. The van der Waals surface area contributed by atoms with E-state index in [0.29, 0.717) is 11.8 Å². The van der Waals surface area contributed by atoms with Crippen molar-refractivity contribution in [2.24, 2.45) is 5.73 Å². The number of carboxylic acids is 1. The third kappa shape index (κ3) is 3.28. The van der Waals surface area contributed by atoms with E-state index >= 15 is 0 Å². The van der Waals surface area contributed by atoms with Gasteiger partial charge < -0.3 is 10.8 Å². The molecule has 0 aliphatic heterocycles. The van der Waals surface area contributed by atoms with E-state index in [2.05, 4.69) is 4.98 Å². The molecular weight excluding hydrogens is 220 g/mol. The quantitative estimate of drug-likeness (QED) is 0.803. The van der Waals surface area contributed by atoms with Gasteiger partial charge in [0.2, 0.25) is 5.01 Å². The molecule has 0 fully saturated rings. The molecule has 0 bridgehead atoms. The van der Waals surface area contributed by atoms with E-state index in [1.165, 1.54) is 0 Å². The second-order valence-electron chi connectivity index (χ2n) is 2.81. The highest BCUT2D eigenvalue weighted by Gasteiger charge is 2.09. The van der Waals surface area contributed by atoms with Crippen LogP contribution in [-0.2, 0) is 5.75 Å². The Balaban J connectivity index is 2.48. The van der Waals surface area contributed by atoms with E-state index in [1.807, 2.05) is 6.92 Å². The fraction of sp³-hybridized carbons (Fsp3) is 0.500. The normalized spacial score (nSPS) is 12.7. The lowest BCUT2D eigenvalue weighted by Crippen LogP contribution is -2.12. The maximum Gasteiger partial charge on any atom is 0.365 e. The number of nitrogens with two attached hydrogens (primary N) is 1. The lowest BCUT2D eigenvalue weighted by Gasteiger charge is -2.05. The Labute approximate surface area is 90.5 Å². The first-order valence-electron chi connectivity index (χ1n) is 4.13. The minimum Gasteiger partial charge on any atom is -0.476 e. The molecule has 0 saturated carbocycles. The van der Waals surface area contributed by atoms with Gasteiger partial charge in [0.25, 0.3) is 0 Å². The van der Waals surface area contributed by atoms with Crippen LogP contribution in [-0.4, -0.2) is 27.9 Å². The highest BCUT2D eigenvalue weighted by molar-refractivity contribution is 7.99. The Morgan fingerprint density at radius 1 is 1.86 bits per heavy atom. The van der Waals surface area contributed by atoms with Gasteiger partial charge in [0.15, 0.2) is 0 Å². The number of carboxylic acid groups (broad SMARTS) is 1. The van der Waals surface area contributed by atoms with Gasteiger partial charge in [-0.3, -0.25) is 0 Å². The second-order valence-corrected chi connectivity index (χ2v) is 5.09. The summed E-state index contributed by atoms with van der Waals surface area (Å²) in [6, 6.07) is 0. The fourth-order valence-corrected chi connectivity index (χ4v) is 2.27. The third-order valence-electron chi connectivity index (χ3n) is 1.58. The van der Waals surface area contributed by atoms with Gasteiger partial charge in [0, 0.05) is 22.9 Å². The molecule has 0 aromatic carbocycles. The van der Waals surface area contributed by atoms with Crippen LogP contribution in [0, 0.1) is 0 Å². The molecule has 0 spiro atoms. The molecule has 0 saturated heterocycles. The van der Waals surface area contributed by atoms with Crippen LogP contribution in [0.25, 0.3) is 0 Å². The van der Waals surface area contributed by atoms with Crippen molar-refractivity contribution in [1.82, 2.24) is 4.98 Å². The van der Waals surface area contributed by atoms with Crippen molar-refractivity contribution >= 4 is 29.1 Å². The summed E-state index contributed by atoms with van der Waals surface area (Å²) < 4.78 is 0. The molecule has 1 aromatic rings. The van der Waals surface area contributed by atoms with Gasteiger partial charge >= 0.3 is 5.97 Å². The van der Waals surface area contributed by atoms with Crippen molar-refractivity contribution in [2.75, 3.05) is 6.54 Å². The molecule has 1 atom stereocenters. The molecule has 4 nitrogen and oxygen atoms in total. The van der Waals surface area contributed by atoms with E-state index in [9.17, 15) is 4.79 Å². The summed E-state index contributed by atoms with van der Waals surface area (Å²) in [6.07, 6.45) is 0. The summed E-state index contributed by atoms with van der Waals surface area (Å²) in [5, 5.41) is 11.0. The molecule has 0 aliphatic rings. The van der Waals surface area contributed by atoms with E-state index in [0.717, 1.165) is 22.8 Å². The number of carbonyl (C=O) groups is 1. The predicted molar refractivity (Wildman–Crippen MR) is 58.9 cm³/mol. The minimum absolute atomic E-state index is 0.154. The Morgan fingerprint density at radius 2 is 2.57 bits per heavy atom. The van der Waals surface area contributed by atoms with E-state index in [-0.39, 0.29) is 5.01 Å². The monoisotopic (exact) mass is 232 g/mol. The van der Waals surface area contributed by atoms with Crippen LogP contribution in [0.4, 0.5) is 0 Å². The number of nitrogens with zero attached hydrogens (tertiary/aromatic N) is 1. The van der Waals surface area contributed by atoms with Gasteiger partial charge in [-0.2, -0.15) is 11.8 Å². The maximum atomic E-state index is 10.5. The standard InChI is InChI=1S/C8H12N2O2S2/c1-5(2-9)13-3-6-4-14-7(10-6)8(11)12/h4-5H,2-3,9H2,1H3,(H,11,12). The molecule has 0 amide bonds. The molecule has 1 aromatic heterocycles. The van der Waals surface area contributed by atoms with Gasteiger partial charge in [-0.25, -0.2) is 9.78 Å². The summed E-state index contributed by atoms with van der Waals surface area (Å²) in [5.41, 5.74) is 6.27. The summed E-state index contributed by atoms with van der Waals surface area (Å²) in [5.74, 6) is -0.236. The second kappa shape index (κ2) is 5.33. The first-order valence-corrected chi connectivity index (χ1v) is 6.05. The van der Waals surface area contributed by atoms with Crippen LogP contribution in [0.3, 0.4) is 0 Å². The molecule has 1 heterocycles. The molecule has 0 aliphatic carbocycles. The number of thioether (sulfide) groups is 1. The van der Waals surface area contributed by atoms with Crippen molar-refractivity contribution in [1.29, 1.82) is 0 Å². The lowest BCUT2D eigenvalue weighted by atomic mass is 10.5. The third-order valence-corrected chi connectivity index (χ3v) is 3.69. The smallest absolute Gasteiger partial charge is 0.365 e. The Hall–Kier alpha value is -0.590. The molecular formula is C8H12N2O2S2. The number of aromatic nitrogens is 1. The lowest BCUT2D eigenvalue weighted by molar-refractivity contribution is 0.0696. The SMILES string of the molecule is CC(CN)SCc1csc(C(=O)O)n1. The van der Waals surface area contributed by atoms with E-state index in [4.69, 9.17) is 10.8 Å². The molecule has 6 heteroatoms. The van der Waals surface area contributed by atoms with Crippen LogP contribution in [0.15, 0.2) is 5.38 Å². The number of aromatic carboxylic acids is 1. The van der Waals surface area contributed by atoms with Crippen molar-refractivity contribution < 1.29 is 9.90 Å². The highest BCUT2D eigenvalue weighted by atomic mass is 32.2. The average molecular weight is 232 g/mol. The minimum atomic E-state index is -0.960. The largest absolute Gasteiger partial charge is 0.476 e. The van der Waals surface area contributed by atoms with Gasteiger partial charge in [-0.05, 0) is 0 Å². The molecule has 78 valence electrons. The van der Waals surface area contributed by atoms with Crippen molar-refractivity contribution in [3.05, 3.63) is 16.1 Å². The summed E-state index contributed by atoms with van der Waals surface area (Å²) >= 11 is 2.84. The topological polar surface area (TPSA) is 76.2 Å². The highest BCUT2D eigenvalue weighted by Crippen LogP contribution is 2.18. The van der Waals surface area contributed by atoms with Gasteiger partial charge in [0.05, 0.1) is 5.69 Å². The number of thiazole rings is 1.